The predicted octanol–water partition coefficient (Wildman–Crippen LogP) is 2.65. The molecule has 0 aliphatic heterocycles. The Kier molecular flexibility index (Phi) is 2.67. The van der Waals surface area contributed by atoms with Crippen LogP contribution in [0.25, 0.3) is 11.0 Å². The number of fused-ring (bicyclic) bond motifs is 1. The molecule has 0 bridgehead atoms. The fourth-order valence-corrected chi connectivity index (χ4v) is 1.38. The van der Waals surface area contributed by atoms with Crippen LogP contribution in [0.3, 0.4) is 0 Å². The maximum Gasteiger partial charge on any atom is 0.230 e. The van der Waals surface area contributed by atoms with E-state index in [9.17, 15) is 0 Å². The minimum Gasteiger partial charge on any atom is -0.481 e. The minimum absolute atomic E-state index is 0.585. The van der Waals surface area contributed by atoms with Crippen molar-refractivity contribution < 1.29 is 4.74 Å². The zero-order chi connectivity index (χ0) is 10.7. The number of para-hydroxylation sites is 2. The molecule has 0 aliphatic rings. The van der Waals surface area contributed by atoms with E-state index in [0.717, 1.165) is 11.0 Å². The molecule has 0 aliphatic carbocycles. The van der Waals surface area contributed by atoms with Crippen molar-refractivity contribution in [2.24, 2.45) is 4.99 Å². The number of nitrogens with one attached hydrogen (secondary N) is 1. The van der Waals surface area contributed by atoms with Crippen LogP contribution in [-0.2, 0) is 4.74 Å². The molecule has 0 amide bonds. The zero-order valence-corrected chi connectivity index (χ0v) is 8.82. The Bertz CT molecular complexity index is 454. The SMILES string of the molecule is CCO/C(C)=N\c1nc2ccccc2[nH]1. The van der Waals surface area contributed by atoms with E-state index in [1.807, 2.05) is 38.1 Å². The first-order valence-electron chi connectivity index (χ1n) is 4.92. The highest BCUT2D eigenvalue weighted by molar-refractivity contribution is 5.80. The van der Waals surface area contributed by atoms with E-state index in [1.54, 1.807) is 0 Å². The number of nitrogens with zero attached hydrogens (tertiary/aromatic N) is 2. The lowest BCUT2D eigenvalue weighted by Crippen LogP contribution is -1.97. The van der Waals surface area contributed by atoms with E-state index in [1.165, 1.54) is 0 Å². The predicted molar refractivity (Wildman–Crippen MR) is 60.5 cm³/mol. The van der Waals surface area contributed by atoms with Gasteiger partial charge in [0.15, 0.2) is 5.90 Å². The molecule has 15 heavy (non-hydrogen) atoms. The van der Waals surface area contributed by atoms with Crippen molar-refractivity contribution in [3.8, 4) is 0 Å². The molecular formula is C11H13N3O. The summed E-state index contributed by atoms with van der Waals surface area (Å²) in [4.78, 5) is 11.6. The second-order valence-electron chi connectivity index (χ2n) is 3.14. The van der Waals surface area contributed by atoms with Crippen molar-refractivity contribution in [1.29, 1.82) is 0 Å². The molecule has 0 fully saturated rings. The molecule has 0 saturated carbocycles. The second-order valence-corrected chi connectivity index (χ2v) is 3.14. The number of imidazole rings is 1. The molecule has 2 rings (SSSR count). The molecule has 4 nitrogen and oxygen atoms in total. The molecule has 4 heteroatoms. The minimum atomic E-state index is 0.585. The van der Waals surface area contributed by atoms with Gasteiger partial charge in [-0.05, 0) is 19.1 Å². The Hall–Kier alpha value is -1.84. The van der Waals surface area contributed by atoms with Gasteiger partial charge in [-0.1, -0.05) is 12.1 Å². The smallest absolute Gasteiger partial charge is 0.230 e. The molecule has 0 radical (unpaired) electrons. The Labute approximate surface area is 88.0 Å². The van der Waals surface area contributed by atoms with Gasteiger partial charge in [0, 0.05) is 6.92 Å². The highest BCUT2D eigenvalue weighted by Crippen LogP contribution is 2.15. The maximum absolute atomic E-state index is 5.23. The number of hydrogen-bond acceptors (Lipinski definition) is 3. The number of benzene rings is 1. The van der Waals surface area contributed by atoms with Crippen molar-refractivity contribution >= 4 is 22.9 Å². The zero-order valence-electron chi connectivity index (χ0n) is 8.82. The van der Waals surface area contributed by atoms with Crippen LogP contribution >= 0.6 is 0 Å². The number of rotatable bonds is 2. The van der Waals surface area contributed by atoms with E-state index in [4.69, 9.17) is 4.74 Å². The largest absolute Gasteiger partial charge is 0.481 e. The highest BCUT2D eigenvalue weighted by Gasteiger charge is 2.00. The molecule has 2 aromatic rings. The van der Waals surface area contributed by atoms with Gasteiger partial charge in [-0.25, -0.2) is 4.98 Å². The molecule has 0 atom stereocenters. The molecule has 0 spiro atoms. The summed E-state index contributed by atoms with van der Waals surface area (Å²) in [5, 5.41) is 0. The lowest BCUT2D eigenvalue weighted by molar-refractivity contribution is 0.324. The van der Waals surface area contributed by atoms with Crippen molar-refractivity contribution in [2.75, 3.05) is 6.61 Å². The van der Waals surface area contributed by atoms with Gasteiger partial charge in [-0.15, -0.1) is 0 Å². The summed E-state index contributed by atoms with van der Waals surface area (Å²) in [7, 11) is 0. The van der Waals surface area contributed by atoms with Crippen LogP contribution in [0.1, 0.15) is 13.8 Å². The third kappa shape index (κ3) is 2.15. The van der Waals surface area contributed by atoms with Gasteiger partial charge < -0.3 is 9.72 Å². The molecule has 1 aromatic carbocycles. The van der Waals surface area contributed by atoms with Crippen LogP contribution in [0.5, 0.6) is 0 Å². The van der Waals surface area contributed by atoms with Crippen LogP contribution in [0.15, 0.2) is 29.3 Å². The standard InChI is InChI=1S/C11H13N3O/c1-3-15-8(2)12-11-13-9-6-4-5-7-10(9)14-11/h4-7H,3H2,1-2H3,(H,13,14)/b12-8-. The monoisotopic (exact) mass is 203 g/mol. The average molecular weight is 203 g/mol. The van der Waals surface area contributed by atoms with Gasteiger partial charge in [-0.3, -0.25) is 0 Å². The van der Waals surface area contributed by atoms with E-state index >= 15 is 0 Å². The van der Waals surface area contributed by atoms with Gasteiger partial charge in [0.2, 0.25) is 5.95 Å². The third-order valence-corrected chi connectivity index (χ3v) is 1.99. The third-order valence-electron chi connectivity index (χ3n) is 1.99. The Morgan fingerprint density at radius 3 is 3.00 bits per heavy atom. The average Bonchev–Trinajstić information content (AvgIpc) is 2.59. The lowest BCUT2D eigenvalue weighted by Gasteiger charge is -1.98. The quantitative estimate of drug-likeness (QED) is 0.602. The summed E-state index contributed by atoms with van der Waals surface area (Å²) in [6.45, 7) is 4.36. The normalized spacial score (nSPS) is 12.0. The Morgan fingerprint density at radius 1 is 1.47 bits per heavy atom. The summed E-state index contributed by atoms with van der Waals surface area (Å²) < 4.78 is 5.23. The van der Waals surface area contributed by atoms with Crippen molar-refractivity contribution in [1.82, 2.24) is 9.97 Å². The number of aliphatic imine (C=N–C) groups is 1. The van der Waals surface area contributed by atoms with Gasteiger partial charge in [0.25, 0.3) is 0 Å². The van der Waals surface area contributed by atoms with Gasteiger partial charge in [-0.2, -0.15) is 4.99 Å². The summed E-state index contributed by atoms with van der Waals surface area (Å²) in [5.41, 5.74) is 1.90. The fraction of sp³-hybridized carbons (Fsp3) is 0.273. The number of aromatic amines is 1. The number of ether oxygens (including phenoxy) is 1. The number of H-pyrrole nitrogens is 1. The van der Waals surface area contributed by atoms with E-state index in [0.29, 0.717) is 18.5 Å². The van der Waals surface area contributed by atoms with Gasteiger partial charge >= 0.3 is 0 Å². The van der Waals surface area contributed by atoms with Crippen molar-refractivity contribution in [2.45, 2.75) is 13.8 Å². The van der Waals surface area contributed by atoms with Gasteiger partial charge in [0.1, 0.15) is 0 Å². The van der Waals surface area contributed by atoms with Crippen molar-refractivity contribution in [3.63, 3.8) is 0 Å². The molecule has 1 N–H and O–H groups in total. The van der Waals surface area contributed by atoms with E-state index in [-0.39, 0.29) is 0 Å². The van der Waals surface area contributed by atoms with Crippen LogP contribution < -0.4 is 0 Å². The second kappa shape index (κ2) is 4.13. The molecule has 1 aromatic heterocycles. The van der Waals surface area contributed by atoms with Crippen LogP contribution in [0.4, 0.5) is 5.95 Å². The molecule has 78 valence electrons. The van der Waals surface area contributed by atoms with E-state index in [2.05, 4.69) is 15.0 Å². The highest BCUT2D eigenvalue weighted by atomic mass is 16.5. The fourth-order valence-electron chi connectivity index (χ4n) is 1.38. The summed E-state index contributed by atoms with van der Waals surface area (Å²) in [5.74, 6) is 1.21. The Morgan fingerprint density at radius 2 is 2.27 bits per heavy atom. The first kappa shape index (κ1) is 9.71. The van der Waals surface area contributed by atoms with Gasteiger partial charge in [0.05, 0.1) is 17.6 Å². The summed E-state index contributed by atoms with van der Waals surface area (Å²) in [6, 6.07) is 7.83. The first-order valence-corrected chi connectivity index (χ1v) is 4.92. The maximum atomic E-state index is 5.23. The molecular weight excluding hydrogens is 190 g/mol. The van der Waals surface area contributed by atoms with Crippen LogP contribution in [-0.4, -0.2) is 22.5 Å². The lowest BCUT2D eigenvalue weighted by atomic mass is 10.3. The van der Waals surface area contributed by atoms with Crippen LogP contribution in [0, 0.1) is 0 Å². The summed E-state index contributed by atoms with van der Waals surface area (Å²) in [6.07, 6.45) is 0. The van der Waals surface area contributed by atoms with Crippen LogP contribution in [0.2, 0.25) is 0 Å². The number of aromatic nitrogens is 2. The Balaban J connectivity index is 2.33. The van der Waals surface area contributed by atoms with E-state index < -0.39 is 0 Å². The summed E-state index contributed by atoms with van der Waals surface area (Å²) >= 11 is 0. The topological polar surface area (TPSA) is 50.3 Å². The molecule has 1 heterocycles. The first-order chi connectivity index (χ1) is 7.29. The molecule has 0 saturated heterocycles. The number of hydrogen-bond donors (Lipinski definition) is 1. The molecule has 0 unspecified atom stereocenters. The van der Waals surface area contributed by atoms with Crippen molar-refractivity contribution in [3.05, 3.63) is 24.3 Å².